The van der Waals surface area contributed by atoms with Gasteiger partial charge in [-0.25, -0.2) is 4.68 Å². The van der Waals surface area contributed by atoms with E-state index in [0.29, 0.717) is 5.69 Å². The van der Waals surface area contributed by atoms with Crippen LogP contribution in [0.4, 0.5) is 5.69 Å². The predicted molar refractivity (Wildman–Crippen MR) is 83.8 cm³/mol. The molecule has 1 N–H and O–H groups in total. The Balaban J connectivity index is 2.26. The number of allylic oxidation sites excluding steroid dienone is 3. The summed E-state index contributed by atoms with van der Waals surface area (Å²) in [5.74, 6) is -0.186. The van der Waals surface area contributed by atoms with Crippen LogP contribution in [0.15, 0.2) is 65.4 Å². The zero-order chi connectivity index (χ0) is 14.4. The summed E-state index contributed by atoms with van der Waals surface area (Å²) < 4.78 is 2.60. The predicted octanol–water partition coefficient (Wildman–Crippen LogP) is 3.71. The number of amides is 1. The molecule has 0 aliphatic carbocycles. The summed E-state index contributed by atoms with van der Waals surface area (Å²) in [6.45, 7) is 1.90. The summed E-state index contributed by atoms with van der Waals surface area (Å²) in [5, 5.41) is 7.03. The summed E-state index contributed by atoms with van der Waals surface area (Å²) in [7, 11) is 0. The molecule has 0 saturated carbocycles. The van der Waals surface area contributed by atoms with Crippen LogP contribution in [0.5, 0.6) is 0 Å². The standard InChI is InChI=1S/C15H14BrN3O/c1-2-3-4-6-15(20)18-13-11-12(16)7-8-14(13)19-10-5-9-17-19/h2-11H,1H3,(H,18,20). The molecule has 0 unspecified atom stereocenters. The van der Waals surface area contributed by atoms with E-state index in [1.54, 1.807) is 23.0 Å². The van der Waals surface area contributed by atoms with E-state index in [-0.39, 0.29) is 5.91 Å². The van der Waals surface area contributed by atoms with E-state index in [9.17, 15) is 4.79 Å². The minimum absolute atomic E-state index is 0.186. The highest BCUT2D eigenvalue weighted by Gasteiger charge is 2.07. The van der Waals surface area contributed by atoms with Crippen LogP contribution >= 0.6 is 15.9 Å². The second-order valence-electron chi connectivity index (χ2n) is 3.99. The van der Waals surface area contributed by atoms with Gasteiger partial charge in [-0.2, -0.15) is 5.10 Å². The highest BCUT2D eigenvalue weighted by Crippen LogP contribution is 2.24. The van der Waals surface area contributed by atoms with E-state index in [1.165, 1.54) is 6.08 Å². The minimum Gasteiger partial charge on any atom is -0.321 e. The van der Waals surface area contributed by atoms with Gasteiger partial charge in [0.25, 0.3) is 0 Å². The van der Waals surface area contributed by atoms with Gasteiger partial charge in [-0.1, -0.05) is 34.2 Å². The van der Waals surface area contributed by atoms with Crippen LogP contribution in [-0.4, -0.2) is 15.7 Å². The molecule has 0 aliphatic rings. The average Bonchev–Trinajstić information content (AvgIpc) is 2.93. The van der Waals surface area contributed by atoms with Gasteiger partial charge in [-0.05, 0) is 31.2 Å². The molecular weight excluding hydrogens is 318 g/mol. The van der Waals surface area contributed by atoms with E-state index in [4.69, 9.17) is 0 Å². The molecule has 1 amide bonds. The number of rotatable bonds is 4. The van der Waals surface area contributed by atoms with Gasteiger partial charge in [0.2, 0.25) is 5.91 Å². The number of benzene rings is 1. The van der Waals surface area contributed by atoms with Crippen molar-refractivity contribution in [3.8, 4) is 5.69 Å². The fourth-order valence-corrected chi connectivity index (χ4v) is 2.01. The molecule has 0 atom stereocenters. The number of carbonyl (C=O) groups excluding carboxylic acids is 1. The van der Waals surface area contributed by atoms with Crippen LogP contribution in [0.2, 0.25) is 0 Å². The molecule has 0 fully saturated rings. The molecule has 0 aliphatic heterocycles. The fraction of sp³-hybridized carbons (Fsp3) is 0.0667. The Bertz CT molecular complexity index is 645. The van der Waals surface area contributed by atoms with E-state index in [1.807, 2.05) is 43.5 Å². The number of nitrogens with one attached hydrogen (secondary N) is 1. The topological polar surface area (TPSA) is 46.9 Å². The van der Waals surface area contributed by atoms with Gasteiger partial charge in [0.1, 0.15) is 0 Å². The average molecular weight is 332 g/mol. The maximum absolute atomic E-state index is 11.8. The van der Waals surface area contributed by atoms with Gasteiger partial charge in [-0.15, -0.1) is 0 Å². The zero-order valence-corrected chi connectivity index (χ0v) is 12.5. The lowest BCUT2D eigenvalue weighted by Gasteiger charge is -2.10. The molecule has 20 heavy (non-hydrogen) atoms. The second-order valence-corrected chi connectivity index (χ2v) is 4.90. The first-order chi connectivity index (χ1) is 9.70. The van der Waals surface area contributed by atoms with E-state index in [2.05, 4.69) is 26.3 Å². The van der Waals surface area contributed by atoms with Crippen LogP contribution < -0.4 is 5.32 Å². The van der Waals surface area contributed by atoms with E-state index in [0.717, 1.165) is 10.2 Å². The van der Waals surface area contributed by atoms with Crippen LogP contribution in [-0.2, 0) is 4.79 Å². The molecule has 1 aromatic carbocycles. The largest absolute Gasteiger partial charge is 0.321 e. The normalized spacial score (nSPS) is 11.3. The molecule has 4 nitrogen and oxygen atoms in total. The van der Waals surface area contributed by atoms with Gasteiger partial charge >= 0.3 is 0 Å². The molecule has 5 heteroatoms. The van der Waals surface area contributed by atoms with Crippen molar-refractivity contribution in [1.29, 1.82) is 0 Å². The molecule has 0 radical (unpaired) electrons. The Hall–Kier alpha value is -2.14. The Morgan fingerprint density at radius 3 is 2.95 bits per heavy atom. The smallest absolute Gasteiger partial charge is 0.248 e. The highest BCUT2D eigenvalue weighted by atomic mass is 79.9. The molecule has 2 aromatic rings. The number of carbonyl (C=O) groups is 1. The lowest BCUT2D eigenvalue weighted by Crippen LogP contribution is -2.11. The van der Waals surface area contributed by atoms with E-state index < -0.39 is 0 Å². The lowest BCUT2D eigenvalue weighted by atomic mass is 10.2. The zero-order valence-electron chi connectivity index (χ0n) is 11.0. The third-order valence-corrected chi connectivity index (χ3v) is 3.01. The van der Waals surface area contributed by atoms with Crippen molar-refractivity contribution in [3.05, 3.63) is 65.4 Å². The van der Waals surface area contributed by atoms with Crippen molar-refractivity contribution < 1.29 is 4.79 Å². The van der Waals surface area contributed by atoms with Crippen molar-refractivity contribution >= 4 is 27.5 Å². The number of nitrogens with zero attached hydrogens (tertiary/aromatic N) is 2. The third kappa shape index (κ3) is 3.68. The first-order valence-electron chi connectivity index (χ1n) is 6.10. The number of aromatic nitrogens is 2. The number of hydrogen-bond donors (Lipinski definition) is 1. The van der Waals surface area contributed by atoms with Gasteiger partial charge < -0.3 is 5.32 Å². The lowest BCUT2D eigenvalue weighted by molar-refractivity contribution is -0.111. The molecular formula is C15H14BrN3O. The van der Waals surface area contributed by atoms with Crippen LogP contribution in [0.1, 0.15) is 6.92 Å². The number of halogens is 1. The Morgan fingerprint density at radius 1 is 1.40 bits per heavy atom. The Morgan fingerprint density at radius 2 is 2.25 bits per heavy atom. The number of anilines is 1. The minimum atomic E-state index is -0.186. The summed E-state index contributed by atoms with van der Waals surface area (Å²) >= 11 is 3.40. The molecule has 1 heterocycles. The van der Waals surface area contributed by atoms with Gasteiger partial charge in [0, 0.05) is 22.9 Å². The van der Waals surface area contributed by atoms with Crippen molar-refractivity contribution in [2.45, 2.75) is 6.92 Å². The van der Waals surface area contributed by atoms with Crippen LogP contribution in [0, 0.1) is 0 Å². The molecule has 102 valence electrons. The fourth-order valence-electron chi connectivity index (χ4n) is 1.65. The molecule has 0 spiro atoms. The SMILES string of the molecule is CC=CC=CC(=O)Nc1cc(Br)ccc1-n1cccn1. The summed E-state index contributed by atoms with van der Waals surface area (Å²) in [6.07, 6.45) is 10.4. The van der Waals surface area contributed by atoms with Crippen molar-refractivity contribution in [2.75, 3.05) is 5.32 Å². The molecule has 1 aromatic heterocycles. The van der Waals surface area contributed by atoms with Gasteiger partial charge in [0.05, 0.1) is 11.4 Å². The number of hydrogen-bond acceptors (Lipinski definition) is 2. The van der Waals surface area contributed by atoms with Gasteiger partial charge in [0.15, 0.2) is 0 Å². The quantitative estimate of drug-likeness (QED) is 0.685. The maximum Gasteiger partial charge on any atom is 0.248 e. The Labute approximate surface area is 125 Å². The highest BCUT2D eigenvalue weighted by molar-refractivity contribution is 9.10. The summed E-state index contributed by atoms with van der Waals surface area (Å²) in [4.78, 5) is 11.8. The third-order valence-electron chi connectivity index (χ3n) is 2.52. The van der Waals surface area contributed by atoms with Gasteiger partial charge in [-0.3, -0.25) is 4.79 Å². The molecule has 0 bridgehead atoms. The summed E-state index contributed by atoms with van der Waals surface area (Å²) in [6, 6.07) is 7.47. The van der Waals surface area contributed by atoms with Crippen molar-refractivity contribution in [1.82, 2.24) is 9.78 Å². The van der Waals surface area contributed by atoms with Crippen molar-refractivity contribution in [2.24, 2.45) is 0 Å². The molecule has 0 saturated heterocycles. The maximum atomic E-state index is 11.8. The monoisotopic (exact) mass is 331 g/mol. The first-order valence-corrected chi connectivity index (χ1v) is 6.90. The van der Waals surface area contributed by atoms with E-state index >= 15 is 0 Å². The van der Waals surface area contributed by atoms with Crippen LogP contribution in [0.25, 0.3) is 5.69 Å². The Kier molecular flexibility index (Phi) is 4.90. The molecule has 2 rings (SSSR count). The van der Waals surface area contributed by atoms with Crippen LogP contribution in [0.3, 0.4) is 0 Å². The first kappa shape index (κ1) is 14.3. The van der Waals surface area contributed by atoms with Crippen molar-refractivity contribution in [3.63, 3.8) is 0 Å². The summed E-state index contributed by atoms with van der Waals surface area (Å²) in [5.41, 5.74) is 1.50. The second kappa shape index (κ2) is 6.86.